The lowest BCUT2D eigenvalue weighted by Gasteiger charge is -2.49. The number of amides is 1. The summed E-state index contributed by atoms with van der Waals surface area (Å²) in [4.78, 5) is 20.6. The summed E-state index contributed by atoms with van der Waals surface area (Å²) in [6.45, 7) is 5.80. The molecule has 5 aliphatic rings. The van der Waals surface area contributed by atoms with Crippen LogP contribution < -0.4 is 10.6 Å². The quantitative estimate of drug-likeness (QED) is 0.666. The smallest absolute Gasteiger partial charge is 0.234 e. The van der Waals surface area contributed by atoms with Crippen molar-refractivity contribution in [2.75, 3.05) is 53.4 Å². The van der Waals surface area contributed by atoms with E-state index in [1.54, 1.807) is 0 Å². The first-order valence-corrected chi connectivity index (χ1v) is 13.4. The van der Waals surface area contributed by atoms with Crippen molar-refractivity contribution in [3.63, 3.8) is 0 Å². The minimum Gasteiger partial charge on any atom is -0.380 e. The molecule has 32 heavy (non-hydrogen) atoms. The lowest BCUT2D eigenvalue weighted by atomic mass is 9.71. The summed E-state index contributed by atoms with van der Waals surface area (Å²) in [6, 6.07) is 1.48. The van der Waals surface area contributed by atoms with Gasteiger partial charge in [-0.05, 0) is 51.6 Å². The molecule has 0 bridgehead atoms. The normalized spacial score (nSPS) is 41.8. The van der Waals surface area contributed by atoms with Gasteiger partial charge in [-0.3, -0.25) is 24.8 Å². The van der Waals surface area contributed by atoms with E-state index >= 15 is 0 Å². The van der Waals surface area contributed by atoms with Crippen LogP contribution >= 0.6 is 0 Å². The SMILES string of the molecule is COC1CCCCC1N1CCN(CC(=O)NC2C3CCCCC3NC3C2CCN3C)CC1. The van der Waals surface area contributed by atoms with Gasteiger partial charge in [-0.15, -0.1) is 0 Å². The van der Waals surface area contributed by atoms with Gasteiger partial charge in [-0.25, -0.2) is 0 Å². The molecule has 0 spiro atoms. The van der Waals surface area contributed by atoms with Crippen molar-refractivity contribution in [3.8, 4) is 0 Å². The number of likely N-dealkylation sites (tertiary alicyclic amines) is 1. The fourth-order valence-corrected chi connectivity index (χ4v) is 7.61. The Labute approximate surface area is 194 Å². The second-order valence-corrected chi connectivity index (χ2v) is 11.1. The maximum absolute atomic E-state index is 13.2. The van der Waals surface area contributed by atoms with Gasteiger partial charge in [0.15, 0.2) is 0 Å². The third kappa shape index (κ3) is 4.74. The van der Waals surface area contributed by atoms with Gasteiger partial charge in [0.2, 0.25) is 5.91 Å². The highest BCUT2D eigenvalue weighted by atomic mass is 16.5. The first kappa shape index (κ1) is 23.0. The van der Waals surface area contributed by atoms with Crippen molar-refractivity contribution in [3.05, 3.63) is 0 Å². The van der Waals surface area contributed by atoms with Gasteiger partial charge in [0.25, 0.3) is 0 Å². The molecule has 0 aromatic heterocycles. The predicted molar refractivity (Wildman–Crippen MR) is 126 cm³/mol. The zero-order valence-electron chi connectivity index (χ0n) is 20.3. The van der Waals surface area contributed by atoms with Gasteiger partial charge in [0.1, 0.15) is 0 Å². The first-order chi connectivity index (χ1) is 15.6. The predicted octanol–water partition coefficient (Wildman–Crippen LogP) is 1.49. The number of carbonyl (C=O) groups is 1. The summed E-state index contributed by atoms with van der Waals surface area (Å²) in [6.07, 6.45) is 12.3. The number of piperazine rings is 1. The lowest BCUT2D eigenvalue weighted by molar-refractivity contribution is -0.125. The van der Waals surface area contributed by atoms with E-state index in [2.05, 4.69) is 32.4 Å². The molecule has 2 aliphatic carbocycles. The topological polar surface area (TPSA) is 60.1 Å². The van der Waals surface area contributed by atoms with Crippen LogP contribution in [0, 0.1) is 11.8 Å². The third-order valence-electron chi connectivity index (χ3n) is 9.36. The van der Waals surface area contributed by atoms with E-state index in [0.29, 0.717) is 48.8 Å². The van der Waals surface area contributed by atoms with Crippen LogP contribution in [-0.2, 0) is 9.53 Å². The van der Waals surface area contributed by atoms with Crippen molar-refractivity contribution in [2.24, 2.45) is 11.8 Å². The Morgan fingerprint density at radius 1 is 0.938 bits per heavy atom. The molecule has 2 saturated carbocycles. The maximum Gasteiger partial charge on any atom is 0.234 e. The summed E-state index contributed by atoms with van der Waals surface area (Å²) < 4.78 is 5.79. The number of methoxy groups -OCH3 is 1. The second-order valence-electron chi connectivity index (χ2n) is 11.1. The standard InChI is InChI=1S/C25H45N5O2/c1-28-12-11-19-24(18-7-3-4-8-20(18)26-25(19)28)27-23(31)17-29-13-15-30(16-14-29)21-9-5-6-10-22(21)32-2/h18-22,24-26H,3-17H2,1-2H3,(H,27,31). The van der Waals surface area contributed by atoms with Crippen LogP contribution in [0.2, 0.25) is 0 Å². The Bertz CT molecular complexity index is 636. The molecule has 3 aliphatic heterocycles. The minimum absolute atomic E-state index is 0.246. The van der Waals surface area contributed by atoms with Crippen LogP contribution in [0.25, 0.3) is 0 Å². The minimum atomic E-state index is 0.246. The number of fused-ring (bicyclic) bond motifs is 2. The molecule has 0 aromatic carbocycles. The van der Waals surface area contributed by atoms with Crippen LogP contribution in [0.4, 0.5) is 0 Å². The van der Waals surface area contributed by atoms with Crippen molar-refractivity contribution in [1.29, 1.82) is 0 Å². The molecule has 1 amide bonds. The summed E-state index contributed by atoms with van der Waals surface area (Å²) in [5.74, 6) is 1.41. The van der Waals surface area contributed by atoms with Gasteiger partial charge in [-0.1, -0.05) is 25.7 Å². The molecular weight excluding hydrogens is 402 g/mol. The number of piperidine rings is 1. The van der Waals surface area contributed by atoms with E-state index in [-0.39, 0.29) is 5.91 Å². The molecule has 2 N–H and O–H groups in total. The largest absolute Gasteiger partial charge is 0.380 e. The molecule has 7 atom stereocenters. The molecule has 3 saturated heterocycles. The monoisotopic (exact) mass is 447 g/mol. The van der Waals surface area contributed by atoms with Crippen LogP contribution in [0.5, 0.6) is 0 Å². The summed E-state index contributed by atoms with van der Waals surface area (Å²) in [5, 5.41) is 7.51. The molecule has 7 unspecified atom stereocenters. The van der Waals surface area contributed by atoms with Gasteiger partial charge in [0, 0.05) is 57.3 Å². The molecule has 5 rings (SSSR count). The number of hydrogen-bond donors (Lipinski definition) is 2. The lowest BCUT2D eigenvalue weighted by Crippen LogP contribution is -2.66. The van der Waals surface area contributed by atoms with Gasteiger partial charge in [-0.2, -0.15) is 0 Å². The van der Waals surface area contributed by atoms with Crippen molar-refractivity contribution < 1.29 is 9.53 Å². The fourth-order valence-electron chi connectivity index (χ4n) is 7.61. The fraction of sp³-hybridized carbons (Fsp3) is 0.960. The van der Waals surface area contributed by atoms with E-state index in [4.69, 9.17) is 4.74 Å². The van der Waals surface area contributed by atoms with Crippen LogP contribution in [0.1, 0.15) is 57.8 Å². The van der Waals surface area contributed by atoms with Gasteiger partial charge in [0.05, 0.1) is 18.8 Å². The van der Waals surface area contributed by atoms with Gasteiger partial charge < -0.3 is 10.1 Å². The van der Waals surface area contributed by atoms with Crippen LogP contribution in [0.15, 0.2) is 0 Å². The molecule has 182 valence electrons. The van der Waals surface area contributed by atoms with Crippen LogP contribution in [0.3, 0.4) is 0 Å². The second kappa shape index (κ2) is 10.3. The molecule has 0 aromatic rings. The van der Waals surface area contributed by atoms with Gasteiger partial charge >= 0.3 is 0 Å². The number of nitrogens with zero attached hydrogens (tertiary/aromatic N) is 3. The van der Waals surface area contributed by atoms with Crippen molar-refractivity contribution in [1.82, 2.24) is 25.3 Å². The molecule has 5 fully saturated rings. The van der Waals surface area contributed by atoms with E-state index in [1.165, 1.54) is 57.8 Å². The Kier molecular flexibility index (Phi) is 7.39. The summed E-state index contributed by atoms with van der Waals surface area (Å²) in [5.41, 5.74) is 0. The van der Waals surface area contributed by atoms with Crippen molar-refractivity contribution >= 4 is 5.91 Å². The highest BCUT2D eigenvalue weighted by molar-refractivity contribution is 5.78. The molecule has 7 heteroatoms. The summed E-state index contributed by atoms with van der Waals surface area (Å²) in [7, 11) is 4.10. The number of nitrogens with one attached hydrogen (secondary N) is 2. The third-order valence-corrected chi connectivity index (χ3v) is 9.36. The highest BCUT2D eigenvalue weighted by Crippen LogP contribution is 2.40. The number of ether oxygens (including phenoxy) is 1. The Morgan fingerprint density at radius 2 is 1.69 bits per heavy atom. The average molecular weight is 448 g/mol. The zero-order valence-corrected chi connectivity index (χ0v) is 20.3. The molecule has 7 nitrogen and oxygen atoms in total. The molecular formula is C25H45N5O2. The van der Waals surface area contributed by atoms with Crippen molar-refractivity contribution in [2.45, 2.75) is 88.2 Å². The zero-order chi connectivity index (χ0) is 22.1. The number of carbonyl (C=O) groups excluding carboxylic acids is 1. The van der Waals surface area contributed by atoms with E-state index in [9.17, 15) is 4.79 Å². The summed E-state index contributed by atoms with van der Waals surface area (Å²) >= 11 is 0. The average Bonchev–Trinajstić information content (AvgIpc) is 3.20. The Balaban J connectivity index is 1.14. The highest BCUT2D eigenvalue weighted by Gasteiger charge is 2.49. The first-order valence-electron chi connectivity index (χ1n) is 13.4. The molecule has 3 heterocycles. The number of hydrogen-bond acceptors (Lipinski definition) is 6. The van der Waals surface area contributed by atoms with E-state index in [0.717, 1.165) is 32.7 Å². The van der Waals surface area contributed by atoms with E-state index in [1.807, 2.05) is 7.11 Å². The van der Waals surface area contributed by atoms with Crippen LogP contribution in [-0.4, -0.2) is 104 Å². The van der Waals surface area contributed by atoms with E-state index < -0.39 is 0 Å². The maximum atomic E-state index is 13.2. The Hall–Kier alpha value is -0.730. The Morgan fingerprint density at radius 3 is 2.50 bits per heavy atom. The number of rotatable bonds is 5. The molecule has 0 radical (unpaired) electrons.